The molecule has 0 aliphatic heterocycles. The van der Waals surface area contributed by atoms with E-state index in [-0.39, 0.29) is 0 Å². The summed E-state index contributed by atoms with van der Waals surface area (Å²) in [7, 11) is 4.14. The van der Waals surface area contributed by atoms with Crippen molar-refractivity contribution in [3.63, 3.8) is 0 Å². The Morgan fingerprint density at radius 1 is 0.941 bits per heavy atom. The monoisotopic (exact) mass is 236 g/mol. The van der Waals surface area contributed by atoms with E-state index in [2.05, 4.69) is 48.2 Å². The van der Waals surface area contributed by atoms with Crippen molar-refractivity contribution in [2.75, 3.05) is 45.2 Å². The van der Waals surface area contributed by atoms with Crippen LogP contribution in [-0.4, -0.2) is 45.2 Å². The minimum Gasteiger partial charge on any atom is -0.373 e. The SMILES string of the molecule is CN(CCN)Cc1ccc(N(C)CCN)cc1. The van der Waals surface area contributed by atoms with Crippen LogP contribution in [0.25, 0.3) is 0 Å². The van der Waals surface area contributed by atoms with Crippen LogP contribution >= 0.6 is 0 Å². The van der Waals surface area contributed by atoms with Crippen molar-refractivity contribution in [1.82, 2.24) is 4.90 Å². The number of anilines is 1. The fraction of sp³-hybridized carbons (Fsp3) is 0.538. The molecule has 0 unspecified atom stereocenters. The lowest BCUT2D eigenvalue weighted by Crippen LogP contribution is -2.25. The minimum absolute atomic E-state index is 0.678. The van der Waals surface area contributed by atoms with Crippen LogP contribution in [-0.2, 0) is 6.54 Å². The molecule has 4 N–H and O–H groups in total. The highest BCUT2D eigenvalue weighted by Crippen LogP contribution is 2.14. The van der Waals surface area contributed by atoms with Crippen LogP contribution in [0.5, 0.6) is 0 Å². The Bertz CT molecular complexity index is 310. The number of benzene rings is 1. The second-order valence-electron chi connectivity index (χ2n) is 4.40. The van der Waals surface area contributed by atoms with Crippen molar-refractivity contribution in [3.8, 4) is 0 Å². The van der Waals surface area contributed by atoms with Gasteiger partial charge >= 0.3 is 0 Å². The van der Waals surface area contributed by atoms with Gasteiger partial charge in [-0.05, 0) is 24.7 Å². The van der Waals surface area contributed by atoms with Crippen molar-refractivity contribution >= 4 is 5.69 Å². The van der Waals surface area contributed by atoms with Gasteiger partial charge in [0, 0.05) is 45.5 Å². The van der Waals surface area contributed by atoms with Crippen LogP contribution in [0, 0.1) is 0 Å². The van der Waals surface area contributed by atoms with E-state index in [9.17, 15) is 0 Å². The number of likely N-dealkylation sites (N-methyl/N-ethyl adjacent to an activating group) is 2. The van der Waals surface area contributed by atoms with Crippen molar-refractivity contribution in [2.24, 2.45) is 11.5 Å². The zero-order valence-corrected chi connectivity index (χ0v) is 10.9. The first-order valence-electron chi connectivity index (χ1n) is 6.06. The number of rotatable bonds is 7. The fourth-order valence-corrected chi connectivity index (χ4v) is 1.79. The second kappa shape index (κ2) is 7.27. The molecule has 1 aromatic rings. The molecular formula is C13H24N4. The molecule has 0 saturated carbocycles. The first kappa shape index (κ1) is 14.0. The zero-order chi connectivity index (χ0) is 12.7. The average molecular weight is 236 g/mol. The number of nitrogens with zero attached hydrogens (tertiary/aromatic N) is 2. The molecule has 0 heterocycles. The van der Waals surface area contributed by atoms with Crippen LogP contribution in [0.1, 0.15) is 5.56 Å². The number of hydrogen-bond donors (Lipinski definition) is 2. The largest absolute Gasteiger partial charge is 0.373 e. The highest BCUT2D eigenvalue weighted by atomic mass is 15.1. The van der Waals surface area contributed by atoms with Crippen LogP contribution in [0.15, 0.2) is 24.3 Å². The third kappa shape index (κ3) is 4.73. The Kier molecular flexibility index (Phi) is 5.97. The molecule has 0 atom stereocenters. The van der Waals surface area contributed by atoms with Gasteiger partial charge in [-0.3, -0.25) is 0 Å². The molecule has 1 aromatic carbocycles. The molecule has 0 fully saturated rings. The van der Waals surface area contributed by atoms with Crippen molar-refractivity contribution in [2.45, 2.75) is 6.54 Å². The Morgan fingerprint density at radius 3 is 2.06 bits per heavy atom. The predicted octanol–water partition coefficient (Wildman–Crippen LogP) is 0.472. The Morgan fingerprint density at radius 2 is 1.53 bits per heavy atom. The zero-order valence-electron chi connectivity index (χ0n) is 10.9. The quantitative estimate of drug-likeness (QED) is 0.722. The van der Waals surface area contributed by atoms with Crippen molar-refractivity contribution in [1.29, 1.82) is 0 Å². The molecule has 0 aliphatic rings. The van der Waals surface area contributed by atoms with Gasteiger partial charge in [0.1, 0.15) is 0 Å². The van der Waals surface area contributed by atoms with Crippen molar-refractivity contribution in [3.05, 3.63) is 29.8 Å². The molecule has 96 valence electrons. The number of hydrogen-bond acceptors (Lipinski definition) is 4. The molecule has 17 heavy (non-hydrogen) atoms. The van der Waals surface area contributed by atoms with Crippen LogP contribution in [0.4, 0.5) is 5.69 Å². The first-order valence-corrected chi connectivity index (χ1v) is 6.06. The Balaban J connectivity index is 2.55. The minimum atomic E-state index is 0.678. The second-order valence-corrected chi connectivity index (χ2v) is 4.40. The fourth-order valence-electron chi connectivity index (χ4n) is 1.79. The van der Waals surface area contributed by atoms with Crippen LogP contribution in [0.2, 0.25) is 0 Å². The van der Waals surface area contributed by atoms with E-state index in [4.69, 9.17) is 11.5 Å². The maximum Gasteiger partial charge on any atom is 0.0364 e. The summed E-state index contributed by atoms with van der Waals surface area (Å²) in [5, 5.41) is 0. The summed E-state index contributed by atoms with van der Waals surface area (Å²) in [5.41, 5.74) is 13.6. The van der Waals surface area contributed by atoms with Gasteiger partial charge in [0.25, 0.3) is 0 Å². The van der Waals surface area contributed by atoms with E-state index in [1.165, 1.54) is 11.3 Å². The molecule has 0 amide bonds. The lowest BCUT2D eigenvalue weighted by atomic mass is 10.2. The topological polar surface area (TPSA) is 58.5 Å². The van der Waals surface area contributed by atoms with Gasteiger partial charge in [-0.15, -0.1) is 0 Å². The third-order valence-corrected chi connectivity index (χ3v) is 2.80. The molecule has 4 nitrogen and oxygen atoms in total. The molecule has 1 rings (SSSR count). The van der Waals surface area contributed by atoms with E-state index in [1.807, 2.05) is 0 Å². The molecule has 0 bridgehead atoms. The summed E-state index contributed by atoms with van der Waals surface area (Å²) in [6, 6.07) is 8.60. The standard InChI is InChI=1S/C13H24N4/c1-16(9-7-14)11-12-3-5-13(6-4-12)17(2)10-8-15/h3-6H,7-11,14-15H2,1-2H3. The molecule has 4 heteroatoms. The van der Waals surface area contributed by atoms with Gasteiger partial charge < -0.3 is 21.3 Å². The summed E-state index contributed by atoms with van der Waals surface area (Å²) >= 11 is 0. The summed E-state index contributed by atoms with van der Waals surface area (Å²) in [4.78, 5) is 4.38. The third-order valence-electron chi connectivity index (χ3n) is 2.80. The molecular weight excluding hydrogens is 212 g/mol. The van der Waals surface area contributed by atoms with Gasteiger partial charge in [-0.2, -0.15) is 0 Å². The van der Waals surface area contributed by atoms with Gasteiger partial charge in [0.05, 0.1) is 0 Å². The summed E-state index contributed by atoms with van der Waals surface area (Å²) in [5.74, 6) is 0. The van der Waals surface area contributed by atoms with Gasteiger partial charge in [-0.1, -0.05) is 12.1 Å². The van der Waals surface area contributed by atoms with Gasteiger partial charge in [0.2, 0.25) is 0 Å². The molecule has 0 radical (unpaired) electrons. The Hall–Kier alpha value is -1.10. The van der Waals surface area contributed by atoms with Gasteiger partial charge in [0.15, 0.2) is 0 Å². The van der Waals surface area contributed by atoms with Crippen LogP contribution < -0.4 is 16.4 Å². The maximum absolute atomic E-state index is 5.54. The van der Waals surface area contributed by atoms with E-state index in [0.29, 0.717) is 13.1 Å². The molecule has 0 saturated heterocycles. The molecule has 0 aliphatic carbocycles. The lowest BCUT2D eigenvalue weighted by Gasteiger charge is -2.19. The van der Waals surface area contributed by atoms with Crippen molar-refractivity contribution < 1.29 is 0 Å². The average Bonchev–Trinajstić information content (AvgIpc) is 2.30. The van der Waals surface area contributed by atoms with E-state index >= 15 is 0 Å². The van der Waals surface area contributed by atoms with E-state index in [1.54, 1.807) is 0 Å². The van der Waals surface area contributed by atoms with E-state index in [0.717, 1.165) is 19.6 Å². The maximum atomic E-state index is 5.54. The Labute approximate surface area is 104 Å². The highest BCUT2D eigenvalue weighted by Gasteiger charge is 2.01. The number of nitrogens with two attached hydrogens (primary N) is 2. The predicted molar refractivity (Wildman–Crippen MR) is 74.2 cm³/mol. The molecule has 0 spiro atoms. The smallest absolute Gasteiger partial charge is 0.0364 e. The molecule has 0 aromatic heterocycles. The first-order chi connectivity index (χ1) is 8.17. The normalized spacial score (nSPS) is 10.9. The summed E-state index contributed by atoms with van der Waals surface area (Å²) in [6.45, 7) is 4.13. The highest BCUT2D eigenvalue weighted by molar-refractivity contribution is 5.46. The van der Waals surface area contributed by atoms with Crippen LogP contribution in [0.3, 0.4) is 0 Å². The van der Waals surface area contributed by atoms with Gasteiger partial charge in [-0.25, -0.2) is 0 Å². The summed E-state index contributed by atoms with van der Waals surface area (Å²) in [6.07, 6.45) is 0. The lowest BCUT2D eigenvalue weighted by molar-refractivity contribution is 0.336. The van der Waals surface area contributed by atoms with E-state index < -0.39 is 0 Å². The summed E-state index contributed by atoms with van der Waals surface area (Å²) < 4.78 is 0.